The van der Waals surface area contributed by atoms with Crippen molar-refractivity contribution < 1.29 is 14.7 Å². The Morgan fingerprint density at radius 1 is 1.19 bits per heavy atom. The molecule has 8 heteroatoms. The van der Waals surface area contributed by atoms with Gasteiger partial charge in [0.2, 0.25) is 5.91 Å². The molecule has 2 N–H and O–H groups in total. The molecule has 1 aromatic carbocycles. The van der Waals surface area contributed by atoms with Gasteiger partial charge in [-0.2, -0.15) is 0 Å². The highest BCUT2D eigenvalue weighted by Gasteiger charge is 2.31. The summed E-state index contributed by atoms with van der Waals surface area (Å²) in [5.41, 5.74) is 0.799. The molecule has 5 nitrogen and oxygen atoms in total. The van der Waals surface area contributed by atoms with Crippen LogP contribution in [0.1, 0.15) is 12.8 Å². The van der Waals surface area contributed by atoms with E-state index in [0.717, 1.165) is 29.2 Å². The van der Waals surface area contributed by atoms with Crippen LogP contribution < -0.4 is 5.32 Å². The minimum absolute atomic E-state index is 0.0844. The fraction of sp³-hybridized carbons (Fsp3) is 0.385. The number of anilines is 1. The molecule has 0 unspecified atom stereocenters. The van der Waals surface area contributed by atoms with Gasteiger partial charge in [0.1, 0.15) is 0 Å². The lowest BCUT2D eigenvalue weighted by Crippen LogP contribution is -2.38. The van der Waals surface area contributed by atoms with Gasteiger partial charge in [0.15, 0.2) is 0 Å². The van der Waals surface area contributed by atoms with Crippen molar-refractivity contribution in [2.75, 3.05) is 18.4 Å². The van der Waals surface area contributed by atoms with Gasteiger partial charge >= 0.3 is 5.97 Å². The largest absolute Gasteiger partial charge is 0.480 e. The molecule has 1 aromatic rings. The average Bonchev–Trinajstić information content (AvgIpc) is 3.16. The van der Waals surface area contributed by atoms with Crippen molar-refractivity contribution in [3.8, 4) is 0 Å². The molecule has 0 bridgehead atoms. The third kappa shape index (κ3) is 5.46. The molecule has 0 atom stereocenters. The minimum Gasteiger partial charge on any atom is -0.480 e. The summed E-state index contributed by atoms with van der Waals surface area (Å²) in [4.78, 5) is 24.7. The molecule has 1 amide bonds. The van der Waals surface area contributed by atoms with Crippen molar-refractivity contribution in [1.29, 1.82) is 0 Å². The molecule has 0 saturated heterocycles. The number of amides is 1. The van der Waals surface area contributed by atoms with Crippen molar-refractivity contribution in [3.05, 3.63) is 22.8 Å². The fourth-order valence-electron chi connectivity index (χ4n) is 1.95. The number of nitrogens with zero attached hydrogens (tertiary/aromatic N) is 1. The van der Waals surface area contributed by atoms with Gasteiger partial charge in [-0.15, -0.1) is 0 Å². The van der Waals surface area contributed by atoms with Gasteiger partial charge in [0.05, 0.1) is 18.8 Å². The van der Waals surface area contributed by atoms with Gasteiger partial charge in [-0.1, -0.05) is 0 Å². The second-order valence-electron chi connectivity index (χ2n) is 4.82. The SMILES string of the molecule is O=C(O)CN(CC(=O)Nc1c(I)cc(I)cc1I)C1CC1. The monoisotopic (exact) mass is 626 g/mol. The number of benzene rings is 1. The Balaban J connectivity index is 2.02. The third-order valence-electron chi connectivity index (χ3n) is 3.02. The second-order valence-corrected chi connectivity index (χ2v) is 8.39. The van der Waals surface area contributed by atoms with E-state index in [1.165, 1.54) is 0 Å². The van der Waals surface area contributed by atoms with Crippen LogP contribution >= 0.6 is 67.8 Å². The van der Waals surface area contributed by atoms with E-state index in [1.807, 2.05) is 12.1 Å². The Morgan fingerprint density at radius 3 is 2.24 bits per heavy atom. The molecule has 0 aliphatic heterocycles. The summed E-state index contributed by atoms with van der Waals surface area (Å²) in [6, 6.07) is 4.23. The van der Waals surface area contributed by atoms with Crippen LogP contribution in [0.2, 0.25) is 0 Å². The molecule has 0 radical (unpaired) electrons. The van der Waals surface area contributed by atoms with E-state index in [4.69, 9.17) is 5.11 Å². The highest BCUT2D eigenvalue weighted by atomic mass is 127. The smallest absolute Gasteiger partial charge is 0.317 e. The number of carbonyl (C=O) groups is 2. The Kier molecular flexibility index (Phi) is 6.50. The summed E-state index contributed by atoms with van der Waals surface area (Å²) in [5, 5.41) is 11.8. The number of rotatable bonds is 6. The summed E-state index contributed by atoms with van der Waals surface area (Å²) in [6.07, 6.45) is 1.94. The van der Waals surface area contributed by atoms with Crippen LogP contribution in [-0.2, 0) is 9.59 Å². The average molecular weight is 626 g/mol. The zero-order chi connectivity index (χ0) is 15.6. The Hall–Kier alpha value is 0.310. The van der Waals surface area contributed by atoms with Crippen molar-refractivity contribution in [3.63, 3.8) is 0 Å². The number of hydrogen-bond acceptors (Lipinski definition) is 3. The lowest BCUT2D eigenvalue weighted by molar-refractivity contribution is -0.138. The molecule has 1 aliphatic carbocycles. The lowest BCUT2D eigenvalue weighted by Gasteiger charge is -2.19. The number of carboxylic acid groups (broad SMARTS) is 1. The number of carboxylic acids is 1. The number of carbonyl (C=O) groups excluding carboxylic acids is 1. The standard InChI is InChI=1S/C13H13I3N2O3/c14-7-3-9(15)13(10(16)4-7)17-11(19)5-18(6-12(20)21)8-1-2-8/h3-4,8H,1-2,5-6H2,(H,17,19)(H,20,21). The Morgan fingerprint density at radius 2 is 1.76 bits per heavy atom. The van der Waals surface area contributed by atoms with E-state index >= 15 is 0 Å². The van der Waals surface area contributed by atoms with E-state index < -0.39 is 5.97 Å². The second kappa shape index (κ2) is 7.73. The maximum absolute atomic E-state index is 12.2. The zero-order valence-electron chi connectivity index (χ0n) is 10.9. The summed E-state index contributed by atoms with van der Waals surface area (Å²) in [5.74, 6) is -1.06. The van der Waals surface area contributed by atoms with Crippen LogP contribution in [0.3, 0.4) is 0 Å². The van der Waals surface area contributed by atoms with Gasteiger partial charge in [0.25, 0.3) is 0 Å². The minimum atomic E-state index is -0.895. The van der Waals surface area contributed by atoms with Gasteiger partial charge in [-0.3, -0.25) is 14.5 Å². The van der Waals surface area contributed by atoms with Gasteiger partial charge in [-0.25, -0.2) is 0 Å². The molecule has 2 rings (SSSR count). The lowest BCUT2D eigenvalue weighted by atomic mass is 10.3. The van der Waals surface area contributed by atoms with Crippen LogP contribution in [0.5, 0.6) is 0 Å². The van der Waals surface area contributed by atoms with Crippen molar-refractivity contribution >= 4 is 85.3 Å². The first-order valence-corrected chi connectivity index (χ1v) is 9.50. The van der Waals surface area contributed by atoms with Crippen LogP contribution in [0, 0.1) is 10.7 Å². The van der Waals surface area contributed by atoms with Crippen LogP contribution in [0.15, 0.2) is 12.1 Å². The summed E-state index contributed by atoms with van der Waals surface area (Å²) in [6.45, 7) is 0.0358. The van der Waals surface area contributed by atoms with E-state index in [2.05, 4.69) is 73.1 Å². The maximum Gasteiger partial charge on any atom is 0.317 e. The number of hydrogen-bond donors (Lipinski definition) is 2. The van der Waals surface area contributed by atoms with Gasteiger partial charge in [-0.05, 0) is 92.7 Å². The van der Waals surface area contributed by atoms with Crippen molar-refractivity contribution in [2.45, 2.75) is 18.9 Å². The number of nitrogens with one attached hydrogen (secondary N) is 1. The predicted molar refractivity (Wildman–Crippen MR) is 105 cm³/mol. The van der Waals surface area contributed by atoms with Gasteiger partial charge < -0.3 is 10.4 Å². The molecule has 114 valence electrons. The normalized spacial score (nSPS) is 14.3. The third-order valence-corrected chi connectivity index (χ3v) is 5.34. The molecule has 21 heavy (non-hydrogen) atoms. The first-order valence-electron chi connectivity index (χ1n) is 6.27. The van der Waals surface area contributed by atoms with E-state index in [9.17, 15) is 9.59 Å². The van der Waals surface area contributed by atoms with E-state index in [0.29, 0.717) is 0 Å². The van der Waals surface area contributed by atoms with Crippen LogP contribution in [0.25, 0.3) is 0 Å². The van der Waals surface area contributed by atoms with Crippen molar-refractivity contribution in [2.24, 2.45) is 0 Å². The molecule has 0 heterocycles. The quantitative estimate of drug-likeness (QED) is 0.478. The summed E-state index contributed by atoms with van der Waals surface area (Å²) >= 11 is 6.62. The summed E-state index contributed by atoms with van der Waals surface area (Å²) < 4.78 is 3.08. The van der Waals surface area contributed by atoms with Crippen LogP contribution in [-0.4, -0.2) is 41.0 Å². The molecule has 0 aromatic heterocycles. The zero-order valence-corrected chi connectivity index (χ0v) is 17.4. The molecule has 1 saturated carbocycles. The molecule has 0 spiro atoms. The van der Waals surface area contributed by atoms with Crippen LogP contribution in [0.4, 0.5) is 5.69 Å². The molecule has 1 aliphatic rings. The Labute approximate surface area is 163 Å². The first-order chi connectivity index (χ1) is 9.86. The summed E-state index contributed by atoms with van der Waals surface area (Å²) in [7, 11) is 0. The highest BCUT2D eigenvalue weighted by Crippen LogP contribution is 2.28. The Bertz CT molecular complexity index is 553. The highest BCUT2D eigenvalue weighted by molar-refractivity contribution is 14.1. The maximum atomic E-state index is 12.2. The first kappa shape index (κ1) is 17.7. The molecular formula is C13H13I3N2O3. The topological polar surface area (TPSA) is 69.6 Å². The van der Waals surface area contributed by atoms with E-state index in [1.54, 1.807) is 4.90 Å². The number of aliphatic carboxylic acids is 1. The molecule has 1 fully saturated rings. The van der Waals surface area contributed by atoms with E-state index in [-0.39, 0.29) is 25.0 Å². The van der Waals surface area contributed by atoms with Crippen molar-refractivity contribution in [1.82, 2.24) is 4.90 Å². The number of halogens is 3. The van der Waals surface area contributed by atoms with Gasteiger partial charge in [0, 0.05) is 16.8 Å². The molecular weight excluding hydrogens is 613 g/mol. The predicted octanol–water partition coefficient (Wildman–Crippen LogP) is 2.99. The fourth-order valence-corrected chi connectivity index (χ4v) is 5.80.